The van der Waals surface area contributed by atoms with E-state index in [1.165, 1.54) is 12.0 Å². The maximum absolute atomic E-state index is 13.3. The number of nitrogens with zero attached hydrogens (tertiary/aromatic N) is 1. The Bertz CT molecular complexity index is 1420. The topological polar surface area (TPSA) is 82.6 Å². The van der Waals surface area contributed by atoms with E-state index < -0.39 is 17.7 Å². The van der Waals surface area contributed by atoms with Crippen LogP contribution in [0.15, 0.2) is 84.6 Å². The number of H-pyrrole nitrogens is 1. The number of aliphatic hydroxyl groups excluding tert-OH is 1. The highest BCUT2D eigenvalue weighted by molar-refractivity contribution is 6.52. The average Bonchev–Trinajstić information content (AvgIpc) is 3.38. The van der Waals surface area contributed by atoms with Gasteiger partial charge in [-0.05, 0) is 36.4 Å². The minimum absolute atomic E-state index is 0.00187. The number of anilines is 1. The first-order valence-electron chi connectivity index (χ1n) is 10.3. The standard InChI is InChI=1S/C26H19ClN2O4/c1-33-21-13-15(11-12-19(21)27)24(30)22-23(18-14-28-20-10-6-5-9-17(18)20)29(26(32)25(22)31)16-7-3-2-4-8-16/h2-14,23,28,30H,1H3/b24-22+. The number of ketones is 1. The van der Waals surface area contributed by atoms with Gasteiger partial charge in [-0.25, -0.2) is 0 Å². The van der Waals surface area contributed by atoms with Crippen molar-refractivity contribution in [2.75, 3.05) is 12.0 Å². The maximum Gasteiger partial charge on any atom is 0.300 e. The molecular formula is C26H19ClN2O4. The average molecular weight is 459 g/mol. The minimum atomic E-state index is -0.828. The van der Waals surface area contributed by atoms with Crippen molar-refractivity contribution < 1.29 is 19.4 Å². The normalized spacial score (nSPS) is 17.6. The third kappa shape index (κ3) is 3.36. The Morgan fingerprint density at radius 3 is 2.52 bits per heavy atom. The summed E-state index contributed by atoms with van der Waals surface area (Å²) in [5.74, 6) is -1.42. The van der Waals surface area contributed by atoms with Gasteiger partial charge >= 0.3 is 0 Å². The Morgan fingerprint density at radius 1 is 1.03 bits per heavy atom. The van der Waals surface area contributed by atoms with Gasteiger partial charge in [-0.2, -0.15) is 0 Å². The Labute approximate surface area is 194 Å². The molecule has 1 unspecified atom stereocenters. The zero-order chi connectivity index (χ0) is 23.1. The number of nitrogens with one attached hydrogen (secondary N) is 1. The number of fused-ring (bicyclic) bond motifs is 1. The van der Waals surface area contributed by atoms with Crippen LogP contribution < -0.4 is 9.64 Å². The molecule has 164 valence electrons. The molecule has 0 radical (unpaired) electrons. The Morgan fingerprint density at radius 2 is 1.76 bits per heavy atom. The second kappa shape index (κ2) is 8.15. The highest BCUT2D eigenvalue weighted by atomic mass is 35.5. The first-order chi connectivity index (χ1) is 16.0. The third-order valence-corrected chi connectivity index (χ3v) is 6.13. The molecule has 0 aliphatic carbocycles. The molecule has 0 saturated carbocycles. The van der Waals surface area contributed by atoms with Crippen molar-refractivity contribution in [3.63, 3.8) is 0 Å². The largest absolute Gasteiger partial charge is 0.507 e. The number of carbonyl (C=O) groups is 2. The molecule has 1 aliphatic heterocycles. The first-order valence-corrected chi connectivity index (χ1v) is 10.6. The molecule has 0 bridgehead atoms. The molecule has 1 atom stereocenters. The summed E-state index contributed by atoms with van der Waals surface area (Å²) in [6.07, 6.45) is 1.77. The summed E-state index contributed by atoms with van der Waals surface area (Å²) < 4.78 is 5.26. The van der Waals surface area contributed by atoms with Crippen LogP contribution in [-0.4, -0.2) is 28.9 Å². The lowest BCUT2D eigenvalue weighted by Gasteiger charge is -2.25. The van der Waals surface area contributed by atoms with E-state index in [0.717, 1.165) is 10.9 Å². The number of halogens is 1. The fourth-order valence-electron chi connectivity index (χ4n) is 4.26. The number of Topliss-reactive ketones (excluding diaryl/α,β-unsaturated/α-hetero) is 1. The van der Waals surface area contributed by atoms with Crippen LogP contribution in [0.4, 0.5) is 5.69 Å². The number of carbonyl (C=O) groups excluding carboxylic acids is 2. The number of aliphatic hydroxyl groups is 1. The van der Waals surface area contributed by atoms with Crippen LogP contribution in [0.3, 0.4) is 0 Å². The van der Waals surface area contributed by atoms with E-state index in [0.29, 0.717) is 27.6 Å². The summed E-state index contributed by atoms with van der Waals surface area (Å²) in [6, 6.07) is 20.4. The number of ether oxygens (including phenoxy) is 1. The van der Waals surface area contributed by atoms with Crippen LogP contribution in [0.1, 0.15) is 17.2 Å². The zero-order valence-electron chi connectivity index (χ0n) is 17.6. The number of rotatable bonds is 4. The fourth-order valence-corrected chi connectivity index (χ4v) is 4.46. The molecule has 33 heavy (non-hydrogen) atoms. The number of hydrogen-bond donors (Lipinski definition) is 2. The van der Waals surface area contributed by atoms with Gasteiger partial charge in [0.25, 0.3) is 11.7 Å². The second-order valence-electron chi connectivity index (χ2n) is 7.64. The smallest absolute Gasteiger partial charge is 0.300 e. The number of methoxy groups -OCH3 is 1. The Kier molecular flexibility index (Phi) is 5.15. The zero-order valence-corrected chi connectivity index (χ0v) is 18.3. The van der Waals surface area contributed by atoms with E-state index in [9.17, 15) is 14.7 Å². The molecule has 7 heteroatoms. The van der Waals surface area contributed by atoms with Crippen LogP contribution in [0.5, 0.6) is 5.75 Å². The molecular weight excluding hydrogens is 440 g/mol. The second-order valence-corrected chi connectivity index (χ2v) is 8.05. The molecule has 6 nitrogen and oxygen atoms in total. The molecule has 1 amide bonds. The van der Waals surface area contributed by atoms with Gasteiger partial charge < -0.3 is 14.8 Å². The minimum Gasteiger partial charge on any atom is -0.507 e. The maximum atomic E-state index is 13.3. The summed E-state index contributed by atoms with van der Waals surface area (Å²) in [4.78, 5) is 31.2. The summed E-state index contributed by atoms with van der Waals surface area (Å²) >= 11 is 6.13. The van der Waals surface area contributed by atoms with Crippen LogP contribution in [0, 0.1) is 0 Å². The molecule has 4 aromatic rings. The van der Waals surface area contributed by atoms with Gasteiger partial charge in [0.05, 0.1) is 23.7 Å². The van der Waals surface area contributed by atoms with Gasteiger partial charge in [-0.1, -0.05) is 48.0 Å². The van der Waals surface area contributed by atoms with Crippen molar-refractivity contribution in [2.24, 2.45) is 0 Å². The van der Waals surface area contributed by atoms with Crippen molar-refractivity contribution in [2.45, 2.75) is 6.04 Å². The molecule has 2 N–H and O–H groups in total. The third-order valence-electron chi connectivity index (χ3n) is 5.82. The van der Waals surface area contributed by atoms with Crippen molar-refractivity contribution in [3.05, 3.63) is 101 Å². The molecule has 2 heterocycles. The van der Waals surface area contributed by atoms with Gasteiger partial charge in [-0.3, -0.25) is 14.5 Å². The molecule has 0 spiro atoms. The summed E-state index contributed by atoms with van der Waals surface area (Å²) in [6.45, 7) is 0. The van der Waals surface area contributed by atoms with E-state index >= 15 is 0 Å². The monoisotopic (exact) mass is 458 g/mol. The SMILES string of the molecule is COc1cc(/C(O)=C2\C(=O)C(=O)N(c3ccccc3)C2c2c[nH]c3ccccc23)ccc1Cl. The van der Waals surface area contributed by atoms with E-state index in [1.54, 1.807) is 48.7 Å². The van der Waals surface area contributed by atoms with Crippen LogP contribution in [-0.2, 0) is 9.59 Å². The van der Waals surface area contributed by atoms with Crippen molar-refractivity contribution in [1.29, 1.82) is 0 Å². The highest BCUT2D eigenvalue weighted by Gasteiger charge is 2.47. The van der Waals surface area contributed by atoms with Crippen molar-refractivity contribution in [3.8, 4) is 5.75 Å². The summed E-state index contributed by atoms with van der Waals surface area (Å²) in [7, 11) is 1.46. The summed E-state index contributed by atoms with van der Waals surface area (Å²) in [5.41, 5.74) is 2.45. The van der Waals surface area contributed by atoms with Gasteiger partial charge in [0.1, 0.15) is 11.5 Å². The molecule has 1 saturated heterocycles. The molecule has 1 aromatic heterocycles. The lowest BCUT2D eigenvalue weighted by atomic mass is 9.94. The first kappa shape index (κ1) is 20.8. The van der Waals surface area contributed by atoms with E-state index in [1.807, 2.05) is 30.3 Å². The molecule has 1 aliphatic rings. The predicted molar refractivity (Wildman–Crippen MR) is 128 cm³/mol. The van der Waals surface area contributed by atoms with Crippen molar-refractivity contribution >= 4 is 45.6 Å². The Hall–Kier alpha value is -4.03. The van der Waals surface area contributed by atoms with Crippen molar-refractivity contribution in [1.82, 2.24) is 4.98 Å². The van der Waals surface area contributed by atoms with Crippen LogP contribution in [0.2, 0.25) is 5.02 Å². The van der Waals surface area contributed by atoms with Gasteiger partial charge in [-0.15, -0.1) is 0 Å². The fraction of sp³-hybridized carbons (Fsp3) is 0.0769. The molecule has 3 aromatic carbocycles. The number of hydrogen-bond acceptors (Lipinski definition) is 4. The molecule has 5 rings (SSSR count). The number of para-hydroxylation sites is 2. The quantitative estimate of drug-likeness (QED) is 0.242. The predicted octanol–water partition coefficient (Wildman–Crippen LogP) is 5.46. The van der Waals surface area contributed by atoms with E-state index in [2.05, 4.69) is 4.98 Å². The van der Waals surface area contributed by atoms with Gasteiger partial charge in [0.15, 0.2) is 0 Å². The Balaban J connectivity index is 1.78. The summed E-state index contributed by atoms with van der Waals surface area (Å²) in [5, 5.41) is 12.5. The van der Waals surface area contributed by atoms with Gasteiger partial charge in [0.2, 0.25) is 0 Å². The van der Waals surface area contributed by atoms with E-state index in [-0.39, 0.29) is 11.3 Å². The van der Waals surface area contributed by atoms with Crippen LogP contribution >= 0.6 is 11.6 Å². The number of amides is 1. The lowest BCUT2D eigenvalue weighted by Crippen LogP contribution is -2.29. The number of benzene rings is 3. The molecule has 1 fully saturated rings. The number of aromatic nitrogens is 1. The lowest BCUT2D eigenvalue weighted by molar-refractivity contribution is -0.132. The van der Waals surface area contributed by atoms with Crippen LogP contribution in [0.25, 0.3) is 16.7 Å². The highest BCUT2D eigenvalue weighted by Crippen LogP contribution is 2.44. The number of aromatic amines is 1. The van der Waals surface area contributed by atoms with Gasteiger partial charge in [0, 0.05) is 33.9 Å². The van der Waals surface area contributed by atoms with E-state index in [4.69, 9.17) is 16.3 Å².